The topological polar surface area (TPSA) is 104 Å². The molecule has 0 bridgehead atoms. The summed E-state index contributed by atoms with van der Waals surface area (Å²) in [6.07, 6.45) is 11.5. The molecule has 7 atom stereocenters. The molecular weight excluding hydrogens is 480 g/mol. The number of ether oxygens (including phenoxy) is 1. The highest BCUT2D eigenvalue weighted by atomic mass is 16.5. The SMILES string of the molecule is CCO[C@@H](/C=C/C(C)=C/C=C/C(C)=C1\C(=O)C[C@H]2[C@@]3(C)CC[C@@H](O)[C@](C)(C(=O)O)[C@@H]3CC[C@]12C)C(C)(C)O. The summed E-state index contributed by atoms with van der Waals surface area (Å²) in [5.74, 6) is -0.882. The summed E-state index contributed by atoms with van der Waals surface area (Å²) in [4.78, 5) is 25.8. The first-order valence-corrected chi connectivity index (χ1v) is 14.1. The lowest BCUT2D eigenvalue weighted by atomic mass is 9.43. The molecule has 0 aromatic carbocycles. The van der Waals surface area contributed by atoms with Crippen molar-refractivity contribution in [1.29, 1.82) is 0 Å². The monoisotopic (exact) mass is 528 g/mol. The molecule has 0 aromatic heterocycles. The Hall–Kier alpha value is -2.02. The number of carboxylic acids is 1. The normalized spacial score (nSPS) is 38.4. The van der Waals surface area contributed by atoms with Gasteiger partial charge in [0.05, 0.1) is 17.1 Å². The molecule has 3 aliphatic rings. The van der Waals surface area contributed by atoms with E-state index in [4.69, 9.17) is 4.74 Å². The first-order valence-electron chi connectivity index (χ1n) is 14.1. The van der Waals surface area contributed by atoms with Gasteiger partial charge in [-0.05, 0) is 90.0 Å². The van der Waals surface area contributed by atoms with Crippen molar-refractivity contribution in [3.63, 3.8) is 0 Å². The zero-order chi connectivity index (χ0) is 28.7. The number of hydrogen-bond acceptors (Lipinski definition) is 5. The van der Waals surface area contributed by atoms with E-state index in [0.717, 1.165) is 29.6 Å². The Morgan fingerprint density at radius 2 is 1.79 bits per heavy atom. The fourth-order valence-corrected chi connectivity index (χ4v) is 7.95. The third-order valence-corrected chi connectivity index (χ3v) is 10.1. The van der Waals surface area contributed by atoms with Crippen molar-refractivity contribution in [3.05, 3.63) is 47.1 Å². The number of fused-ring (bicyclic) bond motifs is 3. The van der Waals surface area contributed by atoms with E-state index in [1.807, 2.05) is 51.2 Å². The number of carbonyl (C=O) groups excluding carboxylic acids is 1. The highest BCUT2D eigenvalue weighted by molar-refractivity contribution is 6.01. The van der Waals surface area contributed by atoms with E-state index < -0.39 is 29.2 Å². The lowest BCUT2D eigenvalue weighted by molar-refractivity contribution is -0.194. The average Bonchev–Trinajstić information content (AvgIpc) is 3.09. The largest absolute Gasteiger partial charge is 0.481 e. The van der Waals surface area contributed by atoms with Gasteiger partial charge in [0.2, 0.25) is 0 Å². The van der Waals surface area contributed by atoms with Crippen LogP contribution < -0.4 is 0 Å². The lowest BCUT2D eigenvalue weighted by Gasteiger charge is -2.61. The predicted octanol–water partition coefficient (Wildman–Crippen LogP) is 5.79. The molecule has 0 spiro atoms. The average molecular weight is 529 g/mol. The molecule has 0 aliphatic heterocycles. The van der Waals surface area contributed by atoms with Crippen LogP contribution in [0.25, 0.3) is 0 Å². The Kier molecular flexibility index (Phi) is 8.72. The van der Waals surface area contributed by atoms with E-state index >= 15 is 0 Å². The molecule has 3 rings (SSSR count). The molecule has 0 aromatic rings. The molecule has 3 saturated carbocycles. The van der Waals surface area contributed by atoms with Crippen molar-refractivity contribution in [3.8, 4) is 0 Å². The Bertz CT molecular complexity index is 1060. The number of aliphatic hydroxyl groups excluding tert-OH is 1. The van der Waals surface area contributed by atoms with Crippen LogP contribution in [0.15, 0.2) is 47.1 Å². The summed E-state index contributed by atoms with van der Waals surface area (Å²) in [7, 11) is 0. The zero-order valence-corrected chi connectivity index (χ0v) is 24.5. The number of aliphatic hydroxyl groups is 2. The van der Waals surface area contributed by atoms with Gasteiger partial charge >= 0.3 is 5.97 Å². The molecule has 0 heterocycles. The van der Waals surface area contributed by atoms with Crippen LogP contribution in [-0.4, -0.2) is 51.5 Å². The van der Waals surface area contributed by atoms with Crippen LogP contribution in [0, 0.1) is 28.1 Å². The number of carboxylic acid groups (broad SMARTS) is 1. The van der Waals surface area contributed by atoms with E-state index in [0.29, 0.717) is 25.9 Å². The van der Waals surface area contributed by atoms with Crippen LogP contribution in [0.5, 0.6) is 0 Å². The molecule has 6 heteroatoms. The van der Waals surface area contributed by atoms with Crippen molar-refractivity contribution in [2.75, 3.05) is 6.61 Å². The zero-order valence-electron chi connectivity index (χ0n) is 24.5. The number of allylic oxidation sites excluding steroid dienone is 7. The van der Waals surface area contributed by atoms with Crippen LogP contribution in [0.4, 0.5) is 0 Å². The Morgan fingerprint density at radius 3 is 2.37 bits per heavy atom. The second kappa shape index (κ2) is 10.9. The summed E-state index contributed by atoms with van der Waals surface area (Å²) in [5.41, 5.74) is 0.0237. The maximum atomic E-state index is 13.5. The van der Waals surface area contributed by atoms with E-state index in [2.05, 4.69) is 13.8 Å². The summed E-state index contributed by atoms with van der Waals surface area (Å²) in [6.45, 7) is 15.9. The van der Waals surface area contributed by atoms with Crippen molar-refractivity contribution < 1.29 is 29.6 Å². The van der Waals surface area contributed by atoms with Gasteiger partial charge in [-0.1, -0.05) is 49.8 Å². The van der Waals surface area contributed by atoms with E-state index in [1.165, 1.54) is 0 Å². The maximum Gasteiger partial charge on any atom is 0.312 e. The first-order chi connectivity index (χ1) is 17.5. The number of ketones is 1. The van der Waals surface area contributed by atoms with Gasteiger partial charge in [-0.25, -0.2) is 0 Å². The summed E-state index contributed by atoms with van der Waals surface area (Å²) < 4.78 is 5.64. The predicted molar refractivity (Wildman–Crippen MR) is 149 cm³/mol. The Morgan fingerprint density at radius 1 is 1.13 bits per heavy atom. The van der Waals surface area contributed by atoms with Crippen molar-refractivity contribution >= 4 is 11.8 Å². The van der Waals surface area contributed by atoms with Crippen molar-refractivity contribution in [1.82, 2.24) is 0 Å². The molecule has 0 amide bonds. The fraction of sp³-hybridized carbons (Fsp3) is 0.688. The standard InChI is InChI=1S/C32H48O6/c1-9-38-26(29(4,5)37)14-13-20(2)11-10-12-21(3)27-22(33)19-24-30(6)18-16-25(34)32(8,28(35)36)23(30)15-17-31(24,27)7/h10-14,23-26,34,37H,9,15-19H2,1-8H3,(H,35,36)/b12-10+,14-13+,20-11+,27-21+/t23-,24+,25-,26+,30+,31+,32-/m1/s1. The quantitative estimate of drug-likeness (QED) is 0.272. The van der Waals surface area contributed by atoms with Gasteiger partial charge in [0.25, 0.3) is 0 Å². The van der Waals surface area contributed by atoms with E-state index in [9.17, 15) is 24.9 Å². The minimum atomic E-state index is -1.19. The minimum absolute atomic E-state index is 0.0586. The summed E-state index contributed by atoms with van der Waals surface area (Å²) in [6, 6.07) is 0. The molecule has 3 fully saturated rings. The Labute approximate surface area is 228 Å². The van der Waals surface area contributed by atoms with Crippen LogP contribution >= 0.6 is 0 Å². The molecular formula is C32H48O6. The smallest absolute Gasteiger partial charge is 0.312 e. The minimum Gasteiger partial charge on any atom is -0.481 e. The highest BCUT2D eigenvalue weighted by Gasteiger charge is 2.67. The van der Waals surface area contributed by atoms with E-state index in [1.54, 1.807) is 20.8 Å². The van der Waals surface area contributed by atoms with Gasteiger partial charge in [0.15, 0.2) is 5.78 Å². The van der Waals surface area contributed by atoms with Crippen LogP contribution in [0.1, 0.15) is 87.5 Å². The lowest BCUT2D eigenvalue weighted by Crippen LogP contribution is -2.61. The second-order valence-corrected chi connectivity index (χ2v) is 13.1. The van der Waals surface area contributed by atoms with Gasteiger partial charge < -0.3 is 20.1 Å². The Balaban J connectivity index is 1.87. The number of rotatable bonds is 8. The summed E-state index contributed by atoms with van der Waals surface area (Å²) in [5, 5.41) is 31.2. The van der Waals surface area contributed by atoms with Gasteiger partial charge in [0, 0.05) is 24.0 Å². The van der Waals surface area contributed by atoms with E-state index in [-0.39, 0.29) is 28.4 Å². The number of hydrogen-bond donors (Lipinski definition) is 3. The maximum absolute atomic E-state index is 13.5. The first kappa shape index (κ1) is 30.5. The third-order valence-electron chi connectivity index (χ3n) is 10.1. The number of carbonyl (C=O) groups is 2. The summed E-state index contributed by atoms with van der Waals surface area (Å²) >= 11 is 0. The van der Waals surface area contributed by atoms with Crippen molar-refractivity contribution in [2.24, 2.45) is 28.1 Å². The molecule has 0 saturated heterocycles. The molecule has 3 aliphatic carbocycles. The molecule has 212 valence electrons. The molecule has 6 nitrogen and oxygen atoms in total. The van der Waals surface area contributed by atoms with Gasteiger partial charge in [-0.2, -0.15) is 0 Å². The molecule has 3 N–H and O–H groups in total. The molecule has 0 unspecified atom stereocenters. The van der Waals surface area contributed by atoms with Crippen molar-refractivity contribution in [2.45, 2.75) is 105 Å². The second-order valence-electron chi connectivity index (χ2n) is 13.1. The fourth-order valence-electron chi connectivity index (χ4n) is 7.95. The van der Waals surface area contributed by atoms with Crippen LogP contribution in [0.2, 0.25) is 0 Å². The van der Waals surface area contributed by atoms with Gasteiger partial charge in [-0.3, -0.25) is 9.59 Å². The molecule has 38 heavy (non-hydrogen) atoms. The van der Waals surface area contributed by atoms with Gasteiger partial charge in [0.1, 0.15) is 6.10 Å². The number of aliphatic carboxylic acids is 1. The molecule has 0 radical (unpaired) electrons. The highest BCUT2D eigenvalue weighted by Crippen LogP contribution is 2.69. The van der Waals surface area contributed by atoms with Crippen LogP contribution in [0.3, 0.4) is 0 Å². The van der Waals surface area contributed by atoms with Gasteiger partial charge in [-0.15, -0.1) is 0 Å². The number of Topliss-reactive ketones (excluding diaryl/α,β-unsaturated/α-hetero) is 1. The third kappa shape index (κ3) is 5.24. The van der Waals surface area contributed by atoms with Crippen LogP contribution in [-0.2, 0) is 14.3 Å².